The first-order valence-corrected chi connectivity index (χ1v) is 16.6. The van der Waals surface area contributed by atoms with E-state index < -0.39 is 6.04 Å². The molecular formula is C33H57N3O4S. The Kier molecular flexibility index (Phi) is 10.4. The van der Waals surface area contributed by atoms with Crippen molar-refractivity contribution in [1.29, 1.82) is 0 Å². The van der Waals surface area contributed by atoms with Gasteiger partial charge in [0.05, 0.1) is 17.5 Å². The number of nitrogens with two attached hydrogens (primary N) is 1. The van der Waals surface area contributed by atoms with E-state index in [0.29, 0.717) is 24.3 Å². The Labute approximate surface area is 253 Å². The molecule has 0 heterocycles. The molecule has 0 aromatic rings. The summed E-state index contributed by atoms with van der Waals surface area (Å²) in [6.45, 7) is 24.4. The standard InChI is InChI=1S/C33H57N3O4S/c1-12-31(9)17-25(40-26(37)18-41-30(7,8)19-35-29(38)27(34)20(2)3)32(10)21(4)13-15-33(23(6)22(31)5)16-14-24(28(32)33)36-39-11/h12,20-23,25,27-28H,1,13-19,34H2,2-11H3,(H,35,38)/b36-24+/t21-,22?,23+,25-,27?,28+,31-,32+,33+/m1/s1. The first-order valence-electron chi connectivity index (χ1n) is 15.6. The second-order valence-corrected chi connectivity index (χ2v) is 16.4. The summed E-state index contributed by atoms with van der Waals surface area (Å²) < 4.78 is 6.22. The van der Waals surface area contributed by atoms with Gasteiger partial charge >= 0.3 is 5.97 Å². The van der Waals surface area contributed by atoms with Gasteiger partial charge in [-0.2, -0.15) is 0 Å². The number of allylic oxidation sites excluding steroid dienone is 1. The van der Waals surface area contributed by atoms with E-state index in [-0.39, 0.29) is 56.6 Å². The Morgan fingerprint density at radius 2 is 1.88 bits per heavy atom. The Morgan fingerprint density at radius 1 is 1.22 bits per heavy atom. The molecule has 3 rings (SSSR count). The summed E-state index contributed by atoms with van der Waals surface area (Å²) in [5, 5.41) is 7.56. The summed E-state index contributed by atoms with van der Waals surface area (Å²) in [7, 11) is 1.64. The lowest BCUT2D eigenvalue weighted by Gasteiger charge is -2.62. The highest BCUT2D eigenvalue weighted by Gasteiger charge is 2.67. The molecular weight excluding hydrogens is 534 g/mol. The van der Waals surface area contributed by atoms with Gasteiger partial charge in [0.2, 0.25) is 5.91 Å². The number of hydrogen-bond acceptors (Lipinski definition) is 7. The lowest BCUT2D eigenvalue weighted by molar-refractivity contribution is -0.186. The van der Waals surface area contributed by atoms with Gasteiger partial charge in [0.1, 0.15) is 13.2 Å². The SMILES string of the molecule is C=C[C@]1(C)C[C@@H](OC(=O)CSC(C)(C)CNC(=O)C(N)C(C)C)[C@]2(C)[C@H](C)CC[C@]3(CC/C(=N\OC)[C@H]32)[C@@H](C)C1C. The van der Waals surface area contributed by atoms with Crippen molar-refractivity contribution in [2.75, 3.05) is 19.4 Å². The summed E-state index contributed by atoms with van der Waals surface area (Å²) >= 11 is 1.51. The van der Waals surface area contributed by atoms with Crippen LogP contribution in [0.15, 0.2) is 17.8 Å². The highest BCUT2D eigenvalue weighted by Crippen LogP contribution is 2.69. The van der Waals surface area contributed by atoms with Crippen LogP contribution in [0.5, 0.6) is 0 Å². The van der Waals surface area contributed by atoms with Crippen LogP contribution in [-0.2, 0) is 19.2 Å². The number of nitrogens with zero attached hydrogens (tertiary/aromatic N) is 1. The molecule has 41 heavy (non-hydrogen) atoms. The molecule has 2 bridgehead atoms. The lowest BCUT2D eigenvalue weighted by atomic mass is 9.42. The molecule has 3 aliphatic carbocycles. The first-order chi connectivity index (χ1) is 19.0. The fourth-order valence-corrected chi connectivity index (χ4v) is 9.03. The molecule has 3 aliphatic rings. The maximum atomic E-state index is 13.6. The predicted octanol–water partition coefficient (Wildman–Crippen LogP) is 6.21. The van der Waals surface area contributed by atoms with Crippen LogP contribution in [-0.4, -0.2) is 53.9 Å². The minimum Gasteiger partial charge on any atom is -0.461 e. The smallest absolute Gasteiger partial charge is 0.316 e. The van der Waals surface area contributed by atoms with Crippen LogP contribution in [0.4, 0.5) is 0 Å². The van der Waals surface area contributed by atoms with Crippen LogP contribution in [0, 0.1) is 45.8 Å². The first kappa shape index (κ1) is 34.0. The molecule has 0 spiro atoms. The third-order valence-electron chi connectivity index (χ3n) is 11.7. The largest absolute Gasteiger partial charge is 0.461 e. The Bertz CT molecular complexity index is 1010. The zero-order valence-electron chi connectivity index (χ0n) is 27.3. The zero-order valence-corrected chi connectivity index (χ0v) is 28.2. The van der Waals surface area contributed by atoms with Crippen LogP contribution in [0.3, 0.4) is 0 Å². The summed E-state index contributed by atoms with van der Waals surface area (Å²) in [5.41, 5.74) is 6.79. The fourth-order valence-electron chi connectivity index (χ4n) is 8.28. The number of hydrogen-bond donors (Lipinski definition) is 2. The van der Waals surface area contributed by atoms with Gasteiger partial charge in [-0.1, -0.05) is 59.7 Å². The molecule has 7 nitrogen and oxygen atoms in total. The molecule has 0 aromatic carbocycles. The number of thioether (sulfide) groups is 1. The van der Waals surface area contributed by atoms with Gasteiger partial charge in [-0.25, -0.2) is 0 Å². The van der Waals surface area contributed by atoms with E-state index in [1.54, 1.807) is 7.11 Å². The zero-order chi connectivity index (χ0) is 31.0. The molecule has 3 fully saturated rings. The molecule has 1 amide bonds. The van der Waals surface area contributed by atoms with Crippen molar-refractivity contribution in [3.05, 3.63) is 12.7 Å². The van der Waals surface area contributed by atoms with Crippen LogP contribution in [0.1, 0.15) is 94.4 Å². The summed E-state index contributed by atoms with van der Waals surface area (Å²) in [6, 6.07) is -0.545. The summed E-state index contributed by atoms with van der Waals surface area (Å²) in [5.74, 6) is 1.31. The number of esters is 1. The normalized spacial score (nSPS) is 38.9. The topological polar surface area (TPSA) is 103 Å². The highest BCUT2D eigenvalue weighted by atomic mass is 32.2. The average Bonchev–Trinajstić information content (AvgIpc) is 3.31. The average molecular weight is 592 g/mol. The monoisotopic (exact) mass is 591 g/mol. The van der Waals surface area contributed by atoms with Gasteiger partial charge in [-0.3, -0.25) is 9.59 Å². The Balaban J connectivity index is 1.88. The molecule has 8 heteroatoms. The molecule has 234 valence electrons. The van der Waals surface area contributed by atoms with E-state index in [0.717, 1.165) is 37.8 Å². The van der Waals surface area contributed by atoms with Crippen molar-refractivity contribution in [2.45, 2.75) is 111 Å². The Morgan fingerprint density at radius 3 is 2.46 bits per heavy atom. The quantitative estimate of drug-likeness (QED) is 0.178. The molecule has 0 aromatic heterocycles. The molecule has 9 atom stereocenters. The predicted molar refractivity (Wildman–Crippen MR) is 170 cm³/mol. The van der Waals surface area contributed by atoms with E-state index in [1.807, 2.05) is 27.7 Å². The van der Waals surface area contributed by atoms with Gasteiger partial charge < -0.3 is 20.6 Å². The number of rotatable bonds is 10. The van der Waals surface area contributed by atoms with Crippen LogP contribution < -0.4 is 11.1 Å². The van der Waals surface area contributed by atoms with E-state index >= 15 is 0 Å². The second-order valence-electron chi connectivity index (χ2n) is 14.7. The maximum Gasteiger partial charge on any atom is 0.316 e. The van der Waals surface area contributed by atoms with Gasteiger partial charge in [0.15, 0.2) is 0 Å². The summed E-state index contributed by atoms with van der Waals surface area (Å²) in [4.78, 5) is 31.4. The van der Waals surface area contributed by atoms with Crippen molar-refractivity contribution in [3.63, 3.8) is 0 Å². The molecule has 0 aliphatic heterocycles. The third-order valence-corrected chi connectivity index (χ3v) is 13.0. The molecule has 0 saturated heterocycles. The van der Waals surface area contributed by atoms with Gasteiger partial charge in [0.25, 0.3) is 0 Å². The van der Waals surface area contributed by atoms with Crippen LogP contribution in [0.2, 0.25) is 0 Å². The number of amides is 1. The number of ether oxygens (including phenoxy) is 1. The fraction of sp³-hybridized carbons (Fsp3) is 0.848. The molecule has 3 saturated carbocycles. The van der Waals surface area contributed by atoms with E-state index in [9.17, 15) is 9.59 Å². The van der Waals surface area contributed by atoms with Crippen molar-refractivity contribution >= 4 is 29.4 Å². The molecule has 0 radical (unpaired) electrons. The maximum absolute atomic E-state index is 13.6. The lowest BCUT2D eigenvalue weighted by Crippen LogP contribution is -2.61. The van der Waals surface area contributed by atoms with E-state index in [1.165, 1.54) is 11.8 Å². The van der Waals surface area contributed by atoms with Crippen molar-refractivity contribution in [2.24, 2.45) is 56.7 Å². The van der Waals surface area contributed by atoms with Gasteiger partial charge in [0, 0.05) is 22.6 Å². The van der Waals surface area contributed by atoms with Crippen LogP contribution in [0.25, 0.3) is 0 Å². The van der Waals surface area contributed by atoms with Crippen LogP contribution >= 0.6 is 11.8 Å². The van der Waals surface area contributed by atoms with Crippen molar-refractivity contribution < 1.29 is 19.2 Å². The summed E-state index contributed by atoms with van der Waals surface area (Å²) in [6.07, 6.45) is 6.86. The van der Waals surface area contributed by atoms with Crippen molar-refractivity contribution in [1.82, 2.24) is 5.32 Å². The van der Waals surface area contributed by atoms with Crippen molar-refractivity contribution in [3.8, 4) is 0 Å². The van der Waals surface area contributed by atoms with Gasteiger partial charge in [-0.05, 0) is 80.5 Å². The minimum atomic E-state index is -0.545. The van der Waals surface area contributed by atoms with Gasteiger partial charge in [-0.15, -0.1) is 18.3 Å². The minimum absolute atomic E-state index is 0.0630. The number of oxime groups is 1. The molecule has 3 N–H and O–H groups in total. The van der Waals surface area contributed by atoms with E-state index in [2.05, 4.69) is 57.7 Å². The molecule has 2 unspecified atom stereocenters. The number of carbonyl (C=O) groups is 2. The number of nitrogens with one attached hydrogen (secondary N) is 1. The Hall–Kier alpha value is -1.54. The van der Waals surface area contributed by atoms with E-state index in [4.69, 9.17) is 15.3 Å². The second kappa shape index (κ2) is 12.6. The number of carbonyl (C=O) groups excluding carboxylic acids is 2. The highest BCUT2D eigenvalue weighted by molar-refractivity contribution is 8.01. The third kappa shape index (κ3) is 6.39.